The maximum atomic E-state index is 12.7. The van der Waals surface area contributed by atoms with Gasteiger partial charge in [0.1, 0.15) is 12.1 Å². The van der Waals surface area contributed by atoms with Crippen LogP contribution in [0.25, 0.3) is 0 Å². The van der Waals surface area contributed by atoms with E-state index in [1.165, 1.54) is 0 Å². The minimum Gasteiger partial charge on any atom is -0.324 e. The van der Waals surface area contributed by atoms with Crippen molar-refractivity contribution in [3.8, 4) is 0 Å². The first-order valence-electron chi connectivity index (χ1n) is 7.65. The second-order valence-electron chi connectivity index (χ2n) is 5.87. The number of carbonyl (C=O) groups is 3. The fourth-order valence-electron chi connectivity index (χ4n) is 2.72. The fraction of sp³-hybridized carbons (Fsp3) is 0.167. The van der Waals surface area contributed by atoms with Gasteiger partial charge in [-0.3, -0.25) is 14.5 Å². The van der Waals surface area contributed by atoms with Crippen LogP contribution in [0.3, 0.4) is 0 Å². The molecule has 7 heteroatoms. The number of amides is 4. The first kappa shape index (κ1) is 17.2. The Morgan fingerprint density at radius 1 is 1.16 bits per heavy atom. The maximum absolute atomic E-state index is 12.7. The molecule has 25 heavy (non-hydrogen) atoms. The van der Waals surface area contributed by atoms with E-state index in [9.17, 15) is 14.4 Å². The van der Waals surface area contributed by atoms with Gasteiger partial charge in [-0.1, -0.05) is 52.3 Å². The first-order chi connectivity index (χ1) is 11.9. The number of urea groups is 1. The molecule has 2 aromatic carbocycles. The van der Waals surface area contributed by atoms with Crippen LogP contribution < -0.4 is 10.6 Å². The Bertz CT molecular complexity index is 840. The third-order valence-electron chi connectivity index (χ3n) is 4.04. The van der Waals surface area contributed by atoms with Crippen molar-refractivity contribution in [3.63, 3.8) is 0 Å². The molecule has 1 aliphatic heterocycles. The Hall–Kier alpha value is -2.67. The molecule has 2 N–H and O–H groups in total. The molecular formula is C18H16BrN3O3. The molecule has 0 aromatic heterocycles. The lowest BCUT2D eigenvalue weighted by molar-refractivity contribution is -0.133. The molecule has 1 atom stereocenters. The zero-order chi connectivity index (χ0) is 18.0. The van der Waals surface area contributed by atoms with E-state index in [1.807, 2.05) is 12.1 Å². The smallest absolute Gasteiger partial charge is 0.324 e. The average Bonchev–Trinajstić information content (AvgIpc) is 2.80. The molecule has 128 valence electrons. The summed E-state index contributed by atoms with van der Waals surface area (Å²) in [6.45, 7) is 1.29. The summed E-state index contributed by atoms with van der Waals surface area (Å²) in [5.74, 6) is -0.896. The number of benzene rings is 2. The SMILES string of the molecule is CC1(c2ccccc2)NC(=O)N(CC(=O)Nc2cccc(Br)c2)C1=O. The van der Waals surface area contributed by atoms with Crippen molar-refractivity contribution in [1.29, 1.82) is 0 Å². The van der Waals surface area contributed by atoms with Gasteiger partial charge in [0.15, 0.2) is 0 Å². The average molecular weight is 402 g/mol. The summed E-state index contributed by atoms with van der Waals surface area (Å²) >= 11 is 3.32. The fourth-order valence-corrected chi connectivity index (χ4v) is 3.12. The standard InChI is InChI=1S/C18H16BrN3O3/c1-18(12-6-3-2-4-7-12)16(24)22(17(25)21-18)11-15(23)20-14-9-5-8-13(19)10-14/h2-10H,11H2,1H3,(H,20,23)(H,21,25). The van der Waals surface area contributed by atoms with Crippen LogP contribution in [0.2, 0.25) is 0 Å². The van der Waals surface area contributed by atoms with E-state index in [0.29, 0.717) is 11.3 Å². The van der Waals surface area contributed by atoms with Gasteiger partial charge in [0, 0.05) is 10.2 Å². The number of rotatable bonds is 4. The van der Waals surface area contributed by atoms with Crippen LogP contribution >= 0.6 is 15.9 Å². The van der Waals surface area contributed by atoms with Crippen LogP contribution in [-0.4, -0.2) is 29.3 Å². The van der Waals surface area contributed by atoms with Crippen molar-refractivity contribution in [2.45, 2.75) is 12.5 Å². The van der Waals surface area contributed by atoms with Gasteiger partial charge < -0.3 is 10.6 Å². The third kappa shape index (κ3) is 3.41. The molecular weight excluding hydrogens is 386 g/mol. The lowest BCUT2D eigenvalue weighted by atomic mass is 9.92. The second kappa shape index (κ2) is 6.68. The summed E-state index contributed by atoms with van der Waals surface area (Å²) in [5, 5.41) is 5.35. The highest BCUT2D eigenvalue weighted by atomic mass is 79.9. The Labute approximate surface area is 153 Å². The highest BCUT2D eigenvalue weighted by molar-refractivity contribution is 9.10. The molecule has 1 fully saturated rings. The molecule has 3 rings (SSSR count). The number of nitrogens with one attached hydrogen (secondary N) is 2. The lowest BCUT2D eigenvalue weighted by Gasteiger charge is -2.22. The van der Waals surface area contributed by atoms with E-state index >= 15 is 0 Å². The molecule has 1 unspecified atom stereocenters. The van der Waals surface area contributed by atoms with Gasteiger partial charge in [-0.15, -0.1) is 0 Å². The van der Waals surface area contributed by atoms with E-state index in [4.69, 9.17) is 0 Å². The van der Waals surface area contributed by atoms with Gasteiger partial charge in [0.2, 0.25) is 5.91 Å². The Morgan fingerprint density at radius 3 is 2.56 bits per heavy atom. The molecule has 0 radical (unpaired) electrons. The van der Waals surface area contributed by atoms with Crippen molar-refractivity contribution < 1.29 is 14.4 Å². The molecule has 4 amide bonds. The van der Waals surface area contributed by atoms with E-state index in [0.717, 1.165) is 9.37 Å². The van der Waals surface area contributed by atoms with Gasteiger partial charge >= 0.3 is 6.03 Å². The van der Waals surface area contributed by atoms with Crippen molar-refractivity contribution >= 4 is 39.5 Å². The Morgan fingerprint density at radius 2 is 1.88 bits per heavy atom. The number of anilines is 1. The van der Waals surface area contributed by atoms with Crippen LogP contribution in [0, 0.1) is 0 Å². The summed E-state index contributed by atoms with van der Waals surface area (Å²) in [7, 11) is 0. The van der Waals surface area contributed by atoms with Gasteiger partial charge in [-0.2, -0.15) is 0 Å². The number of halogens is 1. The predicted octanol–water partition coefficient (Wildman–Crippen LogP) is 2.85. The molecule has 0 spiro atoms. The topological polar surface area (TPSA) is 78.5 Å². The van der Waals surface area contributed by atoms with Crippen molar-refractivity contribution in [1.82, 2.24) is 10.2 Å². The molecule has 1 saturated heterocycles. The molecule has 0 saturated carbocycles. The van der Waals surface area contributed by atoms with Crippen LogP contribution in [0.15, 0.2) is 59.1 Å². The van der Waals surface area contributed by atoms with Crippen molar-refractivity contribution in [2.75, 3.05) is 11.9 Å². The molecule has 2 aromatic rings. The number of imide groups is 1. The zero-order valence-corrected chi connectivity index (χ0v) is 15.0. The van der Waals surface area contributed by atoms with E-state index in [-0.39, 0.29) is 6.54 Å². The Balaban J connectivity index is 1.74. The number of carbonyl (C=O) groups excluding carboxylic acids is 3. The summed E-state index contributed by atoms with van der Waals surface area (Å²) in [4.78, 5) is 38.1. The largest absolute Gasteiger partial charge is 0.325 e. The number of hydrogen-bond donors (Lipinski definition) is 2. The maximum Gasteiger partial charge on any atom is 0.325 e. The minimum absolute atomic E-state index is 0.348. The van der Waals surface area contributed by atoms with Gasteiger partial charge in [0.25, 0.3) is 5.91 Å². The summed E-state index contributed by atoms with van der Waals surface area (Å²) in [6.07, 6.45) is 0. The number of nitrogens with zero attached hydrogens (tertiary/aromatic N) is 1. The van der Waals surface area contributed by atoms with Crippen LogP contribution in [0.4, 0.5) is 10.5 Å². The lowest BCUT2D eigenvalue weighted by Crippen LogP contribution is -2.42. The van der Waals surface area contributed by atoms with Gasteiger partial charge in [0.05, 0.1) is 0 Å². The Kier molecular flexibility index (Phi) is 4.59. The van der Waals surface area contributed by atoms with Gasteiger partial charge in [-0.05, 0) is 30.7 Å². The predicted molar refractivity (Wildman–Crippen MR) is 96.8 cm³/mol. The molecule has 6 nitrogen and oxygen atoms in total. The second-order valence-corrected chi connectivity index (χ2v) is 6.79. The van der Waals surface area contributed by atoms with Crippen molar-refractivity contribution in [2.24, 2.45) is 0 Å². The quantitative estimate of drug-likeness (QED) is 0.773. The molecule has 0 bridgehead atoms. The van der Waals surface area contributed by atoms with Crippen molar-refractivity contribution in [3.05, 3.63) is 64.6 Å². The highest BCUT2D eigenvalue weighted by Gasteiger charge is 2.49. The monoisotopic (exact) mass is 401 g/mol. The summed E-state index contributed by atoms with van der Waals surface area (Å²) in [6, 6.07) is 15.4. The summed E-state index contributed by atoms with van der Waals surface area (Å²) in [5.41, 5.74) is 0.0782. The first-order valence-corrected chi connectivity index (χ1v) is 8.44. The van der Waals surface area contributed by atoms with Crippen LogP contribution in [-0.2, 0) is 15.1 Å². The molecule has 0 aliphatic carbocycles. The normalized spacial score (nSPS) is 19.7. The molecule has 1 aliphatic rings. The highest BCUT2D eigenvalue weighted by Crippen LogP contribution is 2.28. The van der Waals surface area contributed by atoms with E-state index in [2.05, 4.69) is 26.6 Å². The number of hydrogen-bond acceptors (Lipinski definition) is 3. The van der Waals surface area contributed by atoms with E-state index in [1.54, 1.807) is 49.4 Å². The third-order valence-corrected chi connectivity index (χ3v) is 4.53. The van der Waals surface area contributed by atoms with Crippen LogP contribution in [0.5, 0.6) is 0 Å². The zero-order valence-electron chi connectivity index (χ0n) is 13.5. The summed E-state index contributed by atoms with van der Waals surface area (Å²) < 4.78 is 0.817. The minimum atomic E-state index is -1.17. The molecule has 1 heterocycles. The van der Waals surface area contributed by atoms with E-state index < -0.39 is 23.4 Å². The van der Waals surface area contributed by atoms with Gasteiger partial charge in [-0.25, -0.2) is 4.79 Å². The van der Waals surface area contributed by atoms with Crippen LogP contribution in [0.1, 0.15) is 12.5 Å².